The van der Waals surface area contributed by atoms with Gasteiger partial charge in [-0.25, -0.2) is 4.79 Å². The topological polar surface area (TPSA) is 23.6 Å². The van der Waals surface area contributed by atoms with Gasteiger partial charge in [0.2, 0.25) is 0 Å². The van der Waals surface area contributed by atoms with E-state index in [-0.39, 0.29) is 6.03 Å². The van der Waals surface area contributed by atoms with Crippen LogP contribution in [0.1, 0.15) is 46.5 Å². The minimum atomic E-state index is 0.240. The summed E-state index contributed by atoms with van der Waals surface area (Å²) in [5.41, 5.74) is 0.453. The Morgan fingerprint density at radius 1 is 1.24 bits per heavy atom. The second kappa shape index (κ2) is 4.51. The number of likely N-dealkylation sites (N-methyl/N-ethyl adjacent to an activating group) is 1. The second-order valence-corrected chi connectivity index (χ2v) is 6.99. The van der Waals surface area contributed by atoms with Crippen LogP contribution in [0.2, 0.25) is 0 Å². The molecule has 0 aromatic heterocycles. The van der Waals surface area contributed by atoms with Gasteiger partial charge in [-0.05, 0) is 37.0 Å². The van der Waals surface area contributed by atoms with E-state index in [0.717, 1.165) is 19.0 Å². The van der Waals surface area contributed by atoms with Crippen molar-refractivity contribution < 1.29 is 4.79 Å². The number of hydrogen-bond acceptors (Lipinski definition) is 1. The molecule has 3 nitrogen and oxygen atoms in total. The Hall–Kier alpha value is -0.730. The molecule has 0 unspecified atom stereocenters. The third kappa shape index (κ3) is 2.93. The van der Waals surface area contributed by atoms with E-state index >= 15 is 0 Å². The van der Waals surface area contributed by atoms with Crippen molar-refractivity contribution in [2.75, 3.05) is 20.1 Å². The quantitative estimate of drug-likeness (QED) is 0.741. The SMILES string of the molecule is CN1CCN([C@H]2C[C@H](CCC(C)(C)C)C2)C1=O. The maximum atomic E-state index is 11.8. The fraction of sp³-hybridized carbons (Fsp3) is 0.929. The Kier molecular flexibility index (Phi) is 3.37. The van der Waals surface area contributed by atoms with Crippen molar-refractivity contribution in [3.05, 3.63) is 0 Å². The molecule has 0 bridgehead atoms. The molecule has 1 heterocycles. The van der Waals surface area contributed by atoms with Crippen molar-refractivity contribution in [2.24, 2.45) is 11.3 Å². The number of carbonyl (C=O) groups is 1. The zero-order chi connectivity index (χ0) is 12.6. The molecule has 1 aliphatic carbocycles. The van der Waals surface area contributed by atoms with Gasteiger partial charge in [0.05, 0.1) is 0 Å². The highest BCUT2D eigenvalue weighted by atomic mass is 16.2. The van der Waals surface area contributed by atoms with Gasteiger partial charge in [0, 0.05) is 26.2 Å². The molecule has 17 heavy (non-hydrogen) atoms. The van der Waals surface area contributed by atoms with Crippen molar-refractivity contribution in [1.29, 1.82) is 0 Å². The molecule has 1 saturated carbocycles. The Bertz CT molecular complexity index is 289. The first-order chi connectivity index (χ1) is 7.87. The van der Waals surface area contributed by atoms with E-state index in [1.165, 1.54) is 25.7 Å². The average molecular weight is 238 g/mol. The second-order valence-electron chi connectivity index (χ2n) is 6.99. The molecule has 1 saturated heterocycles. The first kappa shape index (κ1) is 12.7. The molecule has 0 aromatic carbocycles. The van der Waals surface area contributed by atoms with Gasteiger partial charge in [-0.15, -0.1) is 0 Å². The molecular weight excluding hydrogens is 212 g/mol. The summed E-state index contributed by atoms with van der Waals surface area (Å²) in [5, 5.41) is 0. The molecular formula is C14H26N2O. The van der Waals surface area contributed by atoms with Crippen LogP contribution < -0.4 is 0 Å². The lowest BCUT2D eigenvalue weighted by Gasteiger charge is -2.41. The molecule has 1 aliphatic heterocycles. The molecule has 0 atom stereocenters. The average Bonchev–Trinajstić information content (AvgIpc) is 2.45. The van der Waals surface area contributed by atoms with Crippen LogP contribution in [0.3, 0.4) is 0 Å². The van der Waals surface area contributed by atoms with Crippen molar-refractivity contribution >= 4 is 6.03 Å². The van der Waals surface area contributed by atoms with Crippen LogP contribution in [-0.2, 0) is 0 Å². The number of carbonyl (C=O) groups excluding carboxylic acids is 1. The minimum Gasteiger partial charge on any atom is -0.326 e. The molecule has 2 rings (SSSR count). The predicted octanol–water partition coefficient (Wildman–Crippen LogP) is 2.96. The summed E-state index contributed by atoms with van der Waals surface area (Å²) in [5.74, 6) is 0.859. The summed E-state index contributed by atoms with van der Waals surface area (Å²) < 4.78 is 0. The highest BCUT2D eigenvalue weighted by Crippen LogP contribution is 2.38. The summed E-state index contributed by atoms with van der Waals surface area (Å²) in [6.07, 6.45) is 5.10. The first-order valence-electron chi connectivity index (χ1n) is 6.88. The highest BCUT2D eigenvalue weighted by molar-refractivity contribution is 5.76. The van der Waals surface area contributed by atoms with E-state index in [4.69, 9.17) is 0 Å². The minimum absolute atomic E-state index is 0.240. The van der Waals surface area contributed by atoms with E-state index in [1.54, 1.807) is 0 Å². The maximum absolute atomic E-state index is 11.8. The summed E-state index contributed by atoms with van der Waals surface area (Å²) >= 11 is 0. The molecule has 3 heteroatoms. The van der Waals surface area contributed by atoms with Crippen molar-refractivity contribution in [2.45, 2.75) is 52.5 Å². The molecule has 2 amide bonds. The summed E-state index contributed by atoms with van der Waals surface area (Å²) in [6, 6.07) is 0.779. The van der Waals surface area contributed by atoms with Crippen LogP contribution in [-0.4, -0.2) is 42.0 Å². The number of urea groups is 1. The Morgan fingerprint density at radius 3 is 2.35 bits per heavy atom. The summed E-state index contributed by atoms with van der Waals surface area (Å²) in [6.45, 7) is 8.76. The molecule has 98 valence electrons. The van der Waals surface area contributed by atoms with Crippen LogP contribution in [0.15, 0.2) is 0 Å². The summed E-state index contributed by atoms with van der Waals surface area (Å²) in [7, 11) is 1.90. The Morgan fingerprint density at radius 2 is 1.88 bits per heavy atom. The molecule has 2 aliphatic rings. The lowest BCUT2D eigenvalue weighted by molar-refractivity contribution is 0.100. The predicted molar refractivity (Wildman–Crippen MR) is 69.9 cm³/mol. The zero-order valence-corrected chi connectivity index (χ0v) is 11.7. The van der Waals surface area contributed by atoms with E-state index < -0.39 is 0 Å². The number of amides is 2. The van der Waals surface area contributed by atoms with Crippen molar-refractivity contribution in [1.82, 2.24) is 9.80 Å². The largest absolute Gasteiger partial charge is 0.326 e. The normalized spacial score (nSPS) is 29.8. The molecule has 0 aromatic rings. The van der Waals surface area contributed by atoms with Gasteiger partial charge in [-0.2, -0.15) is 0 Å². The van der Waals surface area contributed by atoms with Crippen LogP contribution in [0.4, 0.5) is 4.79 Å². The zero-order valence-electron chi connectivity index (χ0n) is 11.7. The van der Waals surface area contributed by atoms with Gasteiger partial charge in [-0.1, -0.05) is 20.8 Å². The van der Waals surface area contributed by atoms with Gasteiger partial charge in [-0.3, -0.25) is 0 Å². The maximum Gasteiger partial charge on any atom is 0.320 e. The van der Waals surface area contributed by atoms with Gasteiger partial charge in [0.15, 0.2) is 0 Å². The monoisotopic (exact) mass is 238 g/mol. The van der Waals surface area contributed by atoms with Crippen molar-refractivity contribution in [3.63, 3.8) is 0 Å². The van der Waals surface area contributed by atoms with Gasteiger partial charge in [0.1, 0.15) is 0 Å². The number of nitrogens with zero attached hydrogens (tertiary/aromatic N) is 2. The molecule has 0 radical (unpaired) electrons. The van der Waals surface area contributed by atoms with E-state index in [9.17, 15) is 4.79 Å². The fourth-order valence-corrected chi connectivity index (χ4v) is 2.83. The van der Waals surface area contributed by atoms with Crippen LogP contribution in [0.25, 0.3) is 0 Å². The standard InChI is InChI=1S/C14H26N2O/c1-14(2,3)6-5-11-9-12(10-11)16-8-7-15(4)13(16)17/h11-12H,5-10H2,1-4H3/t11-,12-. The molecule has 0 N–H and O–H groups in total. The molecule has 2 fully saturated rings. The lowest BCUT2D eigenvalue weighted by atomic mass is 9.74. The highest BCUT2D eigenvalue weighted by Gasteiger charge is 2.39. The van der Waals surface area contributed by atoms with Crippen molar-refractivity contribution in [3.8, 4) is 0 Å². The number of rotatable bonds is 3. The van der Waals surface area contributed by atoms with Gasteiger partial charge in [0.25, 0.3) is 0 Å². The smallest absolute Gasteiger partial charge is 0.320 e. The third-order valence-corrected chi connectivity index (χ3v) is 4.20. The van der Waals surface area contributed by atoms with Crippen LogP contribution in [0, 0.1) is 11.3 Å². The van der Waals surface area contributed by atoms with Gasteiger partial charge >= 0.3 is 6.03 Å². The van der Waals surface area contributed by atoms with E-state index in [2.05, 4.69) is 25.7 Å². The van der Waals surface area contributed by atoms with Crippen LogP contribution in [0.5, 0.6) is 0 Å². The third-order valence-electron chi connectivity index (χ3n) is 4.20. The first-order valence-corrected chi connectivity index (χ1v) is 6.88. The molecule has 0 spiro atoms. The fourth-order valence-electron chi connectivity index (χ4n) is 2.83. The Labute approximate surface area is 105 Å². The lowest BCUT2D eigenvalue weighted by Crippen LogP contribution is -2.46. The van der Waals surface area contributed by atoms with E-state index in [1.807, 2.05) is 11.9 Å². The summed E-state index contributed by atoms with van der Waals surface area (Å²) in [4.78, 5) is 15.7. The van der Waals surface area contributed by atoms with Gasteiger partial charge < -0.3 is 9.80 Å². The van der Waals surface area contributed by atoms with E-state index in [0.29, 0.717) is 11.5 Å². The number of hydrogen-bond donors (Lipinski definition) is 0. The Balaban J connectivity index is 1.71. The van der Waals surface area contributed by atoms with Crippen LogP contribution >= 0.6 is 0 Å².